The van der Waals surface area contributed by atoms with E-state index in [1.165, 1.54) is 24.3 Å². The molecule has 0 bridgehead atoms. The van der Waals surface area contributed by atoms with Gasteiger partial charge < -0.3 is 9.64 Å². The van der Waals surface area contributed by atoms with Crippen LogP contribution in [0.2, 0.25) is 5.15 Å². The van der Waals surface area contributed by atoms with Crippen molar-refractivity contribution in [1.82, 2.24) is 25.3 Å². The lowest BCUT2D eigenvalue weighted by molar-refractivity contribution is -0.0629. The second-order valence-electron chi connectivity index (χ2n) is 9.34. The van der Waals surface area contributed by atoms with E-state index >= 15 is 0 Å². The fourth-order valence-corrected chi connectivity index (χ4v) is 5.11. The van der Waals surface area contributed by atoms with E-state index in [0.29, 0.717) is 19.7 Å². The predicted molar refractivity (Wildman–Crippen MR) is 125 cm³/mol. The smallest absolute Gasteiger partial charge is 0.274 e. The van der Waals surface area contributed by atoms with Gasteiger partial charge in [-0.1, -0.05) is 31.5 Å². The molecular weight excluding hydrogens is 476 g/mol. The summed E-state index contributed by atoms with van der Waals surface area (Å²) in [5.41, 5.74) is 1.29. The van der Waals surface area contributed by atoms with Crippen LogP contribution in [-0.2, 0) is 10.2 Å². The summed E-state index contributed by atoms with van der Waals surface area (Å²) in [6.07, 6.45) is 1.28. The fraction of sp³-hybridized carbons (Fsp3) is 0.400. The zero-order valence-electron chi connectivity index (χ0n) is 19.3. The molecule has 5 rings (SSSR count). The molecule has 2 aliphatic rings. The number of amides is 1. The van der Waals surface area contributed by atoms with E-state index in [1.54, 1.807) is 17.0 Å². The molecule has 1 amide bonds. The minimum absolute atomic E-state index is 0.132. The summed E-state index contributed by atoms with van der Waals surface area (Å²) in [7, 11) is 0. The Morgan fingerprint density at radius 1 is 1.14 bits per heavy atom. The average Bonchev–Trinajstić information content (AvgIpc) is 2.86. The molecule has 2 aromatic heterocycles. The summed E-state index contributed by atoms with van der Waals surface area (Å²) in [5, 5.41) is 16.6. The van der Waals surface area contributed by atoms with Crippen molar-refractivity contribution in [3.8, 4) is 11.3 Å². The standard InChI is InChI=1S/C25H24ClF2N5O2/c1-14-8-9-25(2,20-13-33(10-11-35-20)24(34)18-6-7-21(26)31-29-18)23-15(14)12-19(30-32-23)22-16(27)4-3-5-17(22)28/h3-7,12,14,20H,8-11,13H2,1-2H3/t14-,20+,25+/m0/s1. The molecule has 1 aliphatic carbocycles. The van der Waals surface area contributed by atoms with E-state index in [4.69, 9.17) is 16.3 Å². The van der Waals surface area contributed by atoms with E-state index in [2.05, 4.69) is 34.2 Å². The highest BCUT2D eigenvalue weighted by molar-refractivity contribution is 6.29. The van der Waals surface area contributed by atoms with Crippen LogP contribution < -0.4 is 0 Å². The summed E-state index contributed by atoms with van der Waals surface area (Å²) in [4.78, 5) is 14.7. The predicted octanol–water partition coefficient (Wildman–Crippen LogP) is 4.56. The molecule has 1 aliphatic heterocycles. The van der Waals surface area contributed by atoms with Crippen LogP contribution >= 0.6 is 11.6 Å². The normalized spacial score (nSPS) is 24.2. The van der Waals surface area contributed by atoms with Crippen LogP contribution in [0.1, 0.15) is 54.4 Å². The van der Waals surface area contributed by atoms with Crippen molar-refractivity contribution in [2.45, 2.75) is 44.1 Å². The Kier molecular flexibility index (Phi) is 6.23. The van der Waals surface area contributed by atoms with Crippen LogP contribution in [0.25, 0.3) is 11.3 Å². The van der Waals surface area contributed by atoms with Crippen LogP contribution in [-0.4, -0.2) is 57.0 Å². The number of halogens is 3. The van der Waals surface area contributed by atoms with Crippen molar-refractivity contribution in [3.05, 3.63) is 70.1 Å². The first-order valence-electron chi connectivity index (χ1n) is 11.5. The number of carbonyl (C=O) groups excluding carboxylic acids is 1. The van der Waals surface area contributed by atoms with Gasteiger partial charge in [-0.25, -0.2) is 8.78 Å². The van der Waals surface area contributed by atoms with E-state index in [9.17, 15) is 13.6 Å². The van der Waals surface area contributed by atoms with Crippen molar-refractivity contribution < 1.29 is 18.3 Å². The number of carbonyl (C=O) groups is 1. The zero-order chi connectivity index (χ0) is 24.7. The topological polar surface area (TPSA) is 81.1 Å². The second kappa shape index (κ2) is 9.20. The van der Waals surface area contributed by atoms with Crippen molar-refractivity contribution in [3.63, 3.8) is 0 Å². The molecular formula is C25H24ClF2N5O2. The van der Waals surface area contributed by atoms with Crippen LogP contribution in [0.3, 0.4) is 0 Å². The van der Waals surface area contributed by atoms with Crippen molar-refractivity contribution in [2.75, 3.05) is 19.7 Å². The maximum absolute atomic E-state index is 14.4. The number of hydrogen-bond acceptors (Lipinski definition) is 6. The van der Waals surface area contributed by atoms with Crippen LogP contribution in [0, 0.1) is 11.6 Å². The number of fused-ring (bicyclic) bond motifs is 1. The molecule has 3 aromatic rings. The molecule has 1 aromatic carbocycles. The Morgan fingerprint density at radius 2 is 1.91 bits per heavy atom. The highest BCUT2D eigenvalue weighted by Gasteiger charge is 2.46. The molecule has 0 unspecified atom stereocenters. The molecule has 3 atom stereocenters. The number of morpholine rings is 1. The molecule has 10 heteroatoms. The van der Waals surface area contributed by atoms with E-state index in [-0.39, 0.29) is 40.0 Å². The highest BCUT2D eigenvalue weighted by atomic mass is 35.5. The molecule has 0 saturated carbocycles. The van der Waals surface area contributed by atoms with E-state index < -0.39 is 17.0 Å². The van der Waals surface area contributed by atoms with E-state index in [1.807, 2.05) is 0 Å². The van der Waals surface area contributed by atoms with Gasteiger partial charge in [-0.05, 0) is 54.7 Å². The Morgan fingerprint density at radius 3 is 2.63 bits per heavy atom. The van der Waals surface area contributed by atoms with Gasteiger partial charge in [0.15, 0.2) is 10.8 Å². The number of hydrogen-bond donors (Lipinski definition) is 0. The largest absolute Gasteiger partial charge is 0.374 e. The summed E-state index contributed by atoms with van der Waals surface area (Å²) in [5.74, 6) is -1.47. The van der Waals surface area contributed by atoms with Gasteiger partial charge in [0.2, 0.25) is 0 Å². The first-order valence-corrected chi connectivity index (χ1v) is 11.9. The SMILES string of the molecule is C[C@H]1CC[C@](C)([C@H]2CN(C(=O)c3ccc(Cl)nn3)CCO2)c2nnc(-c3c(F)cccc3F)cc21. The monoisotopic (exact) mass is 499 g/mol. The average molecular weight is 500 g/mol. The van der Waals surface area contributed by atoms with Gasteiger partial charge in [0.25, 0.3) is 5.91 Å². The molecule has 0 spiro atoms. The maximum atomic E-state index is 14.4. The van der Waals surface area contributed by atoms with Gasteiger partial charge in [-0.2, -0.15) is 10.2 Å². The number of benzene rings is 1. The lowest BCUT2D eigenvalue weighted by Crippen LogP contribution is -2.54. The molecule has 1 saturated heterocycles. The third-order valence-electron chi connectivity index (χ3n) is 7.13. The first-order chi connectivity index (χ1) is 16.8. The summed E-state index contributed by atoms with van der Waals surface area (Å²) in [6.45, 7) is 5.26. The molecule has 0 radical (unpaired) electrons. The fourth-order valence-electron chi connectivity index (χ4n) is 5.01. The molecule has 182 valence electrons. The number of rotatable bonds is 3. The molecule has 7 nitrogen and oxygen atoms in total. The first kappa shape index (κ1) is 23.7. The van der Waals surface area contributed by atoms with Gasteiger partial charge in [-0.15, -0.1) is 10.2 Å². The quantitative estimate of drug-likeness (QED) is 0.525. The minimum atomic E-state index is -0.680. The lowest BCUT2D eigenvalue weighted by Gasteiger charge is -2.46. The summed E-state index contributed by atoms with van der Waals surface area (Å²) in [6, 6.07) is 8.56. The maximum Gasteiger partial charge on any atom is 0.274 e. The zero-order valence-corrected chi connectivity index (χ0v) is 20.1. The third kappa shape index (κ3) is 4.27. The Balaban J connectivity index is 1.46. The van der Waals surface area contributed by atoms with Gasteiger partial charge in [0, 0.05) is 18.5 Å². The third-order valence-corrected chi connectivity index (χ3v) is 7.33. The minimum Gasteiger partial charge on any atom is -0.374 e. The Bertz CT molecular complexity index is 1250. The number of nitrogens with zero attached hydrogens (tertiary/aromatic N) is 5. The molecule has 3 heterocycles. The molecule has 0 N–H and O–H groups in total. The second-order valence-corrected chi connectivity index (χ2v) is 9.73. The Labute approximate surface area is 206 Å². The summed E-state index contributed by atoms with van der Waals surface area (Å²) < 4.78 is 35.0. The Hall–Kier alpha value is -3.04. The van der Waals surface area contributed by atoms with Crippen LogP contribution in [0.5, 0.6) is 0 Å². The number of ether oxygens (including phenoxy) is 1. The molecule has 1 fully saturated rings. The van der Waals surface area contributed by atoms with Gasteiger partial charge in [-0.3, -0.25) is 4.79 Å². The van der Waals surface area contributed by atoms with Gasteiger partial charge in [0.1, 0.15) is 11.6 Å². The van der Waals surface area contributed by atoms with Crippen LogP contribution in [0.15, 0.2) is 36.4 Å². The van der Waals surface area contributed by atoms with Gasteiger partial charge in [0.05, 0.1) is 29.7 Å². The van der Waals surface area contributed by atoms with E-state index in [0.717, 1.165) is 24.1 Å². The van der Waals surface area contributed by atoms with Crippen LogP contribution in [0.4, 0.5) is 8.78 Å². The van der Waals surface area contributed by atoms with Crippen molar-refractivity contribution in [1.29, 1.82) is 0 Å². The number of aromatic nitrogens is 4. The van der Waals surface area contributed by atoms with Crippen molar-refractivity contribution in [2.24, 2.45) is 0 Å². The summed E-state index contributed by atoms with van der Waals surface area (Å²) >= 11 is 5.80. The van der Waals surface area contributed by atoms with Gasteiger partial charge >= 0.3 is 0 Å². The lowest BCUT2D eigenvalue weighted by atomic mass is 9.67. The molecule has 35 heavy (non-hydrogen) atoms. The highest BCUT2D eigenvalue weighted by Crippen LogP contribution is 2.46. The van der Waals surface area contributed by atoms with Crippen molar-refractivity contribution >= 4 is 17.5 Å².